The Labute approximate surface area is 124 Å². The fraction of sp³-hybridized carbons (Fsp3) is 0.933. The zero-order valence-corrected chi connectivity index (χ0v) is 13.8. The molecule has 3 N–H and O–H groups in total. The van der Waals surface area contributed by atoms with Crippen molar-refractivity contribution in [3.63, 3.8) is 0 Å². The minimum atomic E-state index is 0.169. The van der Waals surface area contributed by atoms with Crippen molar-refractivity contribution in [2.45, 2.75) is 47.1 Å². The molecule has 0 aliphatic heterocycles. The van der Waals surface area contributed by atoms with E-state index < -0.39 is 0 Å². The van der Waals surface area contributed by atoms with Gasteiger partial charge in [0.15, 0.2) is 5.96 Å². The third-order valence-corrected chi connectivity index (χ3v) is 3.06. The van der Waals surface area contributed by atoms with Crippen LogP contribution in [0.25, 0.3) is 0 Å². The number of ether oxygens (including phenoxy) is 1. The van der Waals surface area contributed by atoms with Gasteiger partial charge in [0.25, 0.3) is 0 Å². The maximum atomic E-state index is 9.02. The lowest BCUT2D eigenvalue weighted by Gasteiger charge is -2.21. The Morgan fingerprint density at radius 2 is 1.90 bits per heavy atom. The first-order valence-corrected chi connectivity index (χ1v) is 7.79. The van der Waals surface area contributed by atoms with Crippen LogP contribution in [0.5, 0.6) is 0 Å². The second kappa shape index (κ2) is 12.0. The molecule has 0 saturated carbocycles. The predicted octanol–water partition coefficient (Wildman–Crippen LogP) is 1.62. The lowest BCUT2D eigenvalue weighted by molar-refractivity contribution is 0.0258. The normalized spacial score (nSPS) is 15.2. The number of aliphatic hydroxyl groups excluding tert-OH is 1. The minimum Gasteiger partial charge on any atom is -0.396 e. The van der Waals surface area contributed by atoms with Gasteiger partial charge in [0.05, 0.1) is 6.10 Å². The molecule has 0 fully saturated rings. The Morgan fingerprint density at radius 1 is 1.20 bits per heavy atom. The van der Waals surface area contributed by atoms with Gasteiger partial charge in [0.2, 0.25) is 0 Å². The first kappa shape index (κ1) is 19.2. The molecule has 0 spiro atoms. The number of aliphatic hydroxyl groups is 1. The summed E-state index contributed by atoms with van der Waals surface area (Å²) in [5.74, 6) is 1.52. The average molecular weight is 287 g/mol. The molecule has 20 heavy (non-hydrogen) atoms. The van der Waals surface area contributed by atoms with Crippen LogP contribution in [-0.4, -0.2) is 50.0 Å². The van der Waals surface area contributed by atoms with Gasteiger partial charge in [-0.15, -0.1) is 0 Å². The fourth-order valence-electron chi connectivity index (χ4n) is 1.80. The molecule has 0 saturated heterocycles. The van der Waals surface area contributed by atoms with Gasteiger partial charge in [-0.3, -0.25) is 4.99 Å². The fourth-order valence-corrected chi connectivity index (χ4v) is 1.80. The monoisotopic (exact) mass is 287 g/mol. The average Bonchev–Trinajstić information content (AvgIpc) is 2.43. The van der Waals surface area contributed by atoms with Gasteiger partial charge in [0, 0.05) is 32.8 Å². The number of hydrogen-bond acceptors (Lipinski definition) is 3. The van der Waals surface area contributed by atoms with E-state index in [9.17, 15) is 0 Å². The van der Waals surface area contributed by atoms with Crippen molar-refractivity contribution >= 4 is 5.96 Å². The first-order chi connectivity index (χ1) is 9.54. The van der Waals surface area contributed by atoms with E-state index in [4.69, 9.17) is 9.84 Å². The molecule has 0 aliphatic carbocycles. The highest BCUT2D eigenvalue weighted by Gasteiger charge is 2.12. The summed E-state index contributed by atoms with van der Waals surface area (Å²) < 4.78 is 5.73. The Bertz CT molecular complexity index is 258. The summed E-state index contributed by atoms with van der Waals surface area (Å²) in [5, 5.41) is 15.6. The highest BCUT2D eigenvalue weighted by atomic mass is 16.5. The molecule has 5 nitrogen and oxygen atoms in total. The van der Waals surface area contributed by atoms with Crippen LogP contribution in [-0.2, 0) is 4.74 Å². The molecular formula is C15H33N3O2. The van der Waals surface area contributed by atoms with Gasteiger partial charge in [-0.05, 0) is 32.1 Å². The lowest BCUT2D eigenvalue weighted by Crippen LogP contribution is -2.39. The van der Waals surface area contributed by atoms with Crippen molar-refractivity contribution in [2.75, 3.05) is 32.8 Å². The Hall–Kier alpha value is -0.810. The molecular weight excluding hydrogens is 254 g/mol. The number of nitrogens with zero attached hydrogens (tertiary/aromatic N) is 1. The summed E-state index contributed by atoms with van der Waals surface area (Å²) in [6.45, 7) is 13.6. The Morgan fingerprint density at radius 3 is 2.40 bits per heavy atom. The SMILES string of the molecule is CCNC(=NCC(C)CO)NCCC(OCC)C(C)C. The van der Waals surface area contributed by atoms with E-state index in [2.05, 4.69) is 29.5 Å². The van der Waals surface area contributed by atoms with Gasteiger partial charge < -0.3 is 20.5 Å². The molecule has 0 aromatic heterocycles. The van der Waals surface area contributed by atoms with E-state index in [0.717, 1.165) is 32.1 Å². The summed E-state index contributed by atoms with van der Waals surface area (Å²) in [4.78, 5) is 4.47. The first-order valence-electron chi connectivity index (χ1n) is 7.79. The van der Waals surface area contributed by atoms with Crippen molar-refractivity contribution in [3.8, 4) is 0 Å². The summed E-state index contributed by atoms with van der Waals surface area (Å²) in [7, 11) is 0. The summed E-state index contributed by atoms with van der Waals surface area (Å²) >= 11 is 0. The maximum Gasteiger partial charge on any atom is 0.191 e. The molecule has 0 heterocycles. The van der Waals surface area contributed by atoms with E-state index in [1.54, 1.807) is 0 Å². The molecule has 2 atom stereocenters. The van der Waals surface area contributed by atoms with Crippen LogP contribution in [0, 0.1) is 11.8 Å². The number of aliphatic imine (C=N–C) groups is 1. The maximum absolute atomic E-state index is 9.02. The van der Waals surface area contributed by atoms with Crippen molar-refractivity contribution in [1.29, 1.82) is 0 Å². The minimum absolute atomic E-state index is 0.169. The second-order valence-corrected chi connectivity index (χ2v) is 5.46. The second-order valence-electron chi connectivity index (χ2n) is 5.46. The molecule has 0 aromatic rings. The summed E-state index contributed by atoms with van der Waals surface area (Å²) in [6.07, 6.45) is 1.25. The molecule has 0 rings (SSSR count). The van der Waals surface area contributed by atoms with E-state index in [-0.39, 0.29) is 18.6 Å². The number of nitrogens with one attached hydrogen (secondary N) is 2. The zero-order chi connectivity index (χ0) is 15.4. The van der Waals surface area contributed by atoms with Gasteiger partial charge in [-0.2, -0.15) is 0 Å². The molecule has 120 valence electrons. The van der Waals surface area contributed by atoms with Crippen LogP contribution >= 0.6 is 0 Å². The molecule has 0 aliphatic rings. The highest BCUT2D eigenvalue weighted by molar-refractivity contribution is 5.79. The Balaban J connectivity index is 4.18. The van der Waals surface area contributed by atoms with Crippen molar-refractivity contribution in [2.24, 2.45) is 16.8 Å². The largest absolute Gasteiger partial charge is 0.396 e. The van der Waals surface area contributed by atoms with Crippen LogP contribution in [0.3, 0.4) is 0 Å². The van der Waals surface area contributed by atoms with Crippen molar-refractivity contribution < 1.29 is 9.84 Å². The summed E-state index contributed by atoms with van der Waals surface area (Å²) in [5.41, 5.74) is 0. The van der Waals surface area contributed by atoms with Crippen LogP contribution in [0.2, 0.25) is 0 Å². The molecule has 0 amide bonds. The number of guanidine groups is 1. The van der Waals surface area contributed by atoms with Crippen molar-refractivity contribution in [1.82, 2.24) is 10.6 Å². The third-order valence-electron chi connectivity index (χ3n) is 3.06. The van der Waals surface area contributed by atoms with E-state index in [1.165, 1.54) is 0 Å². The smallest absolute Gasteiger partial charge is 0.191 e. The van der Waals surface area contributed by atoms with Crippen LogP contribution < -0.4 is 10.6 Å². The Kier molecular flexibility index (Phi) is 11.5. The molecule has 0 aromatic carbocycles. The summed E-state index contributed by atoms with van der Waals surface area (Å²) in [6, 6.07) is 0. The standard InChI is InChI=1S/C15H33N3O2/c1-6-16-15(18-10-13(5)11-19)17-9-8-14(12(3)4)20-7-2/h12-14,19H,6-11H2,1-5H3,(H2,16,17,18). The molecule has 2 unspecified atom stereocenters. The molecule has 5 heteroatoms. The van der Waals surface area contributed by atoms with Gasteiger partial charge in [0.1, 0.15) is 0 Å². The van der Waals surface area contributed by atoms with Gasteiger partial charge >= 0.3 is 0 Å². The topological polar surface area (TPSA) is 65.9 Å². The van der Waals surface area contributed by atoms with E-state index >= 15 is 0 Å². The highest BCUT2D eigenvalue weighted by Crippen LogP contribution is 2.09. The molecule has 0 bridgehead atoms. The lowest BCUT2D eigenvalue weighted by atomic mass is 10.0. The van der Waals surface area contributed by atoms with Crippen molar-refractivity contribution in [3.05, 3.63) is 0 Å². The van der Waals surface area contributed by atoms with Gasteiger partial charge in [-0.25, -0.2) is 0 Å². The predicted molar refractivity (Wildman–Crippen MR) is 85.1 cm³/mol. The zero-order valence-electron chi connectivity index (χ0n) is 13.8. The van der Waals surface area contributed by atoms with E-state index in [0.29, 0.717) is 12.5 Å². The molecule has 0 radical (unpaired) electrons. The van der Waals surface area contributed by atoms with Crippen LogP contribution in [0.4, 0.5) is 0 Å². The number of hydrogen-bond donors (Lipinski definition) is 3. The van der Waals surface area contributed by atoms with Crippen LogP contribution in [0.15, 0.2) is 4.99 Å². The van der Waals surface area contributed by atoms with Gasteiger partial charge in [-0.1, -0.05) is 20.8 Å². The van der Waals surface area contributed by atoms with E-state index in [1.807, 2.05) is 20.8 Å². The van der Waals surface area contributed by atoms with Crippen LogP contribution in [0.1, 0.15) is 41.0 Å². The third kappa shape index (κ3) is 9.15. The quantitative estimate of drug-likeness (QED) is 0.422. The number of rotatable bonds is 10.